The molecule has 0 atom stereocenters. The van der Waals surface area contributed by atoms with Crippen molar-refractivity contribution in [3.8, 4) is 17.2 Å². The van der Waals surface area contributed by atoms with Crippen molar-refractivity contribution in [1.82, 2.24) is 0 Å². The van der Waals surface area contributed by atoms with Crippen molar-refractivity contribution in [3.05, 3.63) is 53.3 Å². The fraction of sp³-hybridized carbons (Fsp3) is 0.133. The van der Waals surface area contributed by atoms with Gasteiger partial charge in [0.25, 0.3) is 0 Å². The van der Waals surface area contributed by atoms with Crippen molar-refractivity contribution in [2.75, 3.05) is 0 Å². The summed E-state index contributed by atoms with van der Waals surface area (Å²) >= 11 is 5.66. The van der Waals surface area contributed by atoms with Gasteiger partial charge >= 0.3 is 5.97 Å². The van der Waals surface area contributed by atoms with Crippen LogP contribution in [-0.2, 0) is 9.68 Å². The maximum atomic E-state index is 13.6. The molecule has 2 aromatic carbocycles. The quantitative estimate of drug-likeness (QED) is 0.601. The molecule has 21 heavy (non-hydrogen) atoms. The average molecular weight is 311 g/mol. The first kappa shape index (κ1) is 15.1. The first-order valence-electron chi connectivity index (χ1n) is 6.19. The third-order valence-corrected chi connectivity index (χ3v) is 2.70. The Labute approximate surface area is 125 Å². The summed E-state index contributed by atoms with van der Waals surface area (Å²) in [5.41, 5.74) is 0. The highest BCUT2D eigenvalue weighted by atomic mass is 35.5. The topological polar surface area (TPSA) is 44.8 Å². The van der Waals surface area contributed by atoms with E-state index in [0.717, 1.165) is 0 Å². The molecule has 110 valence electrons. The maximum Gasteiger partial charge on any atom is 0.355 e. The lowest BCUT2D eigenvalue weighted by Crippen LogP contribution is -2.05. The molecule has 0 unspecified atom stereocenters. The molecule has 0 aliphatic carbocycles. The molecule has 0 bridgehead atoms. The fourth-order valence-corrected chi connectivity index (χ4v) is 1.56. The van der Waals surface area contributed by atoms with Gasteiger partial charge in [-0.3, -0.25) is 9.78 Å². The summed E-state index contributed by atoms with van der Waals surface area (Å²) in [6, 6.07) is 10.3. The third-order valence-electron chi connectivity index (χ3n) is 2.46. The number of hydrogen-bond donors (Lipinski definition) is 0. The van der Waals surface area contributed by atoms with Gasteiger partial charge < -0.3 is 4.74 Å². The zero-order chi connectivity index (χ0) is 15.2. The van der Waals surface area contributed by atoms with Gasteiger partial charge in [-0.25, -0.2) is 9.18 Å². The highest BCUT2D eigenvalue weighted by molar-refractivity contribution is 6.30. The van der Waals surface area contributed by atoms with Crippen LogP contribution in [0.15, 0.2) is 42.5 Å². The second-order valence-electron chi connectivity index (χ2n) is 4.04. The van der Waals surface area contributed by atoms with Crippen LogP contribution < -0.4 is 9.62 Å². The minimum Gasteiger partial charge on any atom is -0.454 e. The molecule has 0 N–H and O–H groups in total. The lowest BCUT2D eigenvalue weighted by Gasteiger charge is -2.08. The van der Waals surface area contributed by atoms with E-state index in [1.165, 1.54) is 30.3 Å². The molecule has 0 aliphatic rings. The van der Waals surface area contributed by atoms with E-state index in [1.807, 2.05) is 0 Å². The Hall–Kier alpha value is -2.27. The van der Waals surface area contributed by atoms with Crippen LogP contribution in [0.3, 0.4) is 0 Å². The first-order valence-corrected chi connectivity index (χ1v) is 6.56. The fourth-order valence-electron chi connectivity index (χ4n) is 1.40. The predicted molar refractivity (Wildman–Crippen MR) is 74.9 cm³/mol. The van der Waals surface area contributed by atoms with Crippen molar-refractivity contribution in [2.24, 2.45) is 0 Å². The van der Waals surface area contributed by atoms with Gasteiger partial charge in [0.05, 0.1) is 0 Å². The zero-order valence-electron chi connectivity index (χ0n) is 11.1. The summed E-state index contributed by atoms with van der Waals surface area (Å²) in [5, 5.41) is 0.293. The largest absolute Gasteiger partial charge is 0.454 e. The molecule has 0 spiro atoms. The van der Waals surface area contributed by atoms with Crippen LogP contribution >= 0.6 is 11.6 Å². The number of rotatable bonds is 5. The van der Waals surface area contributed by atoms with Crippen molar-refractivity contribution < 1.29 is 23.7 Å². The summed E-state index contributed by atoms with van der Waals surface area (Å²) in [6.45, 7) is 1.66. The Morgan fingerprint density at radius 2 is 1.81 bits per heavy atom. The number of ether oxygens (including phenoxy) is 1. The molecule has 6 heteroatoms. The minimum absolute atomic E-state index is 0.0606. The smallest absolute Gasteiger partial charge is 0.355 e. The maximum absolute atomic E-state index is 13.6. The Kier molecular flexibility index (Phi) is 5.00. The highest BCUT2D eigenvalue weighted by Crippen LogP contribution is 2.27. The predicted octanol–water partition coefficient (Wildman–Crippen LogP) is 4.52. The van der Waals surface area contributed by atoms with Crippen LogP contribution in [0.5, 0.6) is 17.2 Å². The SMILES string of the molecule is CCC(=O)OOc1ccc(Oc2ccc(Cl)cc2F)cc1. The van der Waals surface area contributed by atoms with Crippen LogP contribution in [0.25, 0.3) is 0 Å². The van der Waals surface area contributed by atoms with Gasteiger partial charge in [0, 0.05) is 11.4 Å². The molecule has 0 heterocycles. The van der Waals surface area contributed by atoms with E-state index in [0.29, 0.717) is 16.5 Å². The van der Waals surface area contributed by atoms with Gasteiger partial charge in [-0.05, 0) is 42.5 Å². The molecule has 0 saturated heterocycles. The molecule has 2 aromatic rings. The average Bonchev–Trinajstić information content (AvgIpc) is 2.49. The van der Waals surface area contributed by atoms with Crippen molar-refractivity contribution in [1.29, 1.82) is 0 Å². The standard InChI is InChI=1S/C15H12ClFO4/c1-2-15(18)21-20-12-6-4-11(5-7-12)19-14-8-3-10(16)9-13(14)17/h3-9H,2H2,1H3. The molecule has 0 radical (unpaired) electrons. The van der Waals surface area contributed by atoms with E-state index in [-0.39, 0.29) is 12.2 Å². The van der Waals surface area contributed by atoms with Crippen LogP contribution in [0.4, 0.5) is 4.39 Å². The third kappa shape index (κ3) is 4.36. The number of halogens is 2. The van der Waals surface area contributed by atoms with Crippen molar-refractivity contribution in [2.45, 2.75) is 13.3 Å². The molecule has 4 nitrogen and oxygen atoms in total. The molecule has 0 amide bonds. The second-order valence-corrected chi connectivity index (χ2v) is 4.48. The summed E-state index contributed by atoms with van der Waals surface area (Å²) in [4.78, 5) is 20.3. The number of carbonyl (C=O) groups excluding carboxylic acids is 1. The van der Waals surface area contributed by atoms with E-state index in [4.69, 9.17) is 21.2 Å². The molecule has 2 rings (SSSR count). The molecule has 0 aromatic heterocycles. The highest BCUT2D eigenvalue weighted by Gasteiger charge is 2.06. The Morgan fingerprint density at radius 1 is 1.14 bits per heavy atom. The minimum atomic E-state index is -0.556. The van der Waals surface area contributed by atoms with Crippen LogP contribution in [0.2, 0.25) is 5.02 Å². The molecular formula is C15H12ClFO4. The Bertz CT molecular complexity index is 628. The summed E-state index contributed by atoms with van der Waals surface area (Å²) < 4.78 is 18.9. The second kappa shape index (κ2) is 6.95. The van der Waals surface area contributed by atoms with E-state index < -0.39 is 11.8 Å². The van der Waals surface area contributed by atoms with Gasteiger partial charge in [0.1, 0.15) is 5.75 Å². The zero-order valence-corrected chi connectivity index (χ0v) is 11.9. The molecule has 0 saturated carbocycles. The Balaban J connectivity index is 2.00. The van der Waals surface area contributed by atoms with Crippen molar-refractivity contribution in [3.63, 3.8) is 0 Å². The first-order chi connectivity index (χ1) is 10.1. The van der Waals surface area contributed by atoms with Gasteiger partial charge in [-0.2, -0.15) is 0 Å². The summed E-state index contributed by atoms with van der Waals surface area (Å²) in [7, 11) is 0. The van der Waals surface area contributed by atoms with Gasteiger partial charge in [0.2, 0.25) is 0 Å². The van der Waals surface area contributed by atoms with Crippen LogP contribution in [-0.4, -0.2) is 5.97 Å². The normalized spacial score (nSPS) is 10.0. The lowest BCUT2D eigenvalue weighted by molar-refractivity contribution is -0.213. The number of benzene rings is 2. The number of carbonyl (C=O) groups is 1. The number of hydrogen-bond acceptors (Lipinski definition) is 4. The van der Waals surface area contributed by atoms with Gasteiger partial charge in [0.15, 0.2) is 17.3 Å². The van der Waals surface area contributed by atoms with E-state index in [2.05, 4.69) is 4.89 Å². The monoisotopic (exact) mass is 310 g/mol. The van der Waals surface area contributed by atoms with E-state index in [9.17, 15) is 9.18 Å². The van der Waals surface area contributed by atoms with Crippen LogP contribution in [0.1, 0.15) is 13.3 Å². The Morgan fingerprint density at radius 3 is 2.43 bits per heavy atom. The molecule has 0 aliphatic heterocycles. The van der Waals surface area contributed by atoms with Gasteiger partial charge in [-0.15, -0.1) is 0 Å². The molecular weight excluding hydrogens is 299 g/mol. The molecule has 0 fully saturated rings. The van der Waals surface area contributed by atoms with Gasteiger partial charge in [-0.1, -0.05) is 18.5 Å². The summed E-state index contributed by atoms with van der Waals surface area (Å²) in [5.74, 6) is -0.227. The summed E-state index contributed by atoms with van der Waals surface area (Å²) in [6.07, 6.45) is 0.219. The van der Waals surface area contributed by atoms with E-state index >= 15 is 0 Å². The lowest BCUT2D eigenvalue weighted by atomic mass is 10.3. The van der Waals surface area contributed by atoms with E-state index in [1.54, 1.807) is 19.1 Å². The van der Waals surface area contributed by atoms with Crippen LogP contribution in [0, 0.1) is 5.82 Å². The van der Waals surface area contributed by atoms with Crippen molar-refractivity contribution >= 4 is 17.6 Å².